The summed E-state index contributed by atoms with van der Waals surface area (Å²) in [7, 11) is 0. The van der Waals surface area contributed by atoms with Crippen LogP contribution in [-0.2, 0) is 0 Å². The van der Waals surface area contributed by atoms with E-state index < -0.39 is 0 Å². The number of benzene rings is 2. The molecule has 4 nitrogen and oxygen atoms in total. The van der Waals surface area contributed by atoms with Gasteiger partial charge in [-0.25, -0.2) is 4.99 Å². The van der Waals surface area contributed by atoms with Crippen LogP contribution in [0.25, 0.3) is 0 Å². The van der Waals surface area contributed by atoms with E-state index >= 15 is 0 Å². The summed E-state index contributed by atoms with van der Waals surface area (Å²) in [6, 6.07) is 18.6. The monoisotopic (exact) mass is 337 g/mol. The maximum atomic E-state index is 5.51. The van der Waals surface area contributed by atoms with E-state index in [-0.39, 0.29) is 0 Å². The first kappa shape index (κ1) is 17.3. The molecule has 132 valence electrons. The molecule has 0 bridgehead atoms. The Kier molecular flexibility index (Phi) is 6.32. The molecule has 1 fully saturated rings. The molecule has 2 aromatic carbocycles. The summed E-state index contributed by atoms with van der Waals surface area (Å²) >= 11 is 0. The molecule has 4 heteroatoms. The van der Waals surface area contributed by atoms with Crippen molar-refractivity contribution < 1.29 is 4.74 Å². The number of nitrogens with one attached hydrogen (secondary N) is 2. The molecule has 2 aromatic rings. The van der Waals surface area contributed by atoms with Crippen LogP contribution in [0, 0.1) is 0 Å². The number of guanidine groups is 1. The van der Waals surface area contributed by atoms with E-state index in [9.17, 15) is 0 Å². The number of aliphatic imine (C=N–C) groups is 1. The zero-order valence-corrected chi connectivity index (χ0v) is 14.9. The zero-order valence-electron chi connectivity index (χ0n) is 14.9. The standard InChI is InChI=1S/C21H27N3O/c1-2-25-20-15-13-19(14-16-20)24-21(22-17-9-5-3-6-10-17)23-18-11-7-4-8-12-18/h3,5-6,9-10,13-16,18H,2,4,7-8,11-12H2,1H3,(H2,22,23,24). The van der Waals surface area contributed by atoms with Gasteiger partial charge in [-0.3, -0.25) is 0 Å². The highest BCUT2D eigenvalue weighted by Gasteiger charge is 2.13. The molecule has 0 unspecified atom stereocenters. The van der Waals surface area contributed by atoms with Gasteiger partial charge in [0, 0.05) is 11.4 Å². The van der Waals surface area contributed by atoms with Crippen molar-refractivity contribution in [1.29, 1.82) is 0 Å². The minimum atomic E-state index is 0.398. The first-order valence-corrected chi connectivity index (χ1v) is 9.23. The van der Waals surface area contributed by atoms with Gasteiger partial charge in [0.05, 0.1) is 12.6 Å². The third-order valence-corrected chi connectivity index (χ3v) is 4.35. The fourth-order valence-electron chi connectivity index (χ4n) is 3.08. The summed E-state index contributed by atoms with van der Waals surface area (Å²) in [5, 5.41) is 6.85. The molecule has 2 N–H and O–H groups in total. The first-order valence-electron chi connectivity index (χ1n) is 9.23. The molecule has 1 aliphatic carbocycles. The number of ether oxygens (including phenoxy) is 1. The second kappa shape index (κ2) is 9.11. The van der Waals surface area contributed by atoms with Crippen molar-refractivity contribution in [3.8, 4) is 5.75 Å². The minimum absolute atomic E-state index is 0.398. The minimum Gasteiger partial charge on any atom is -0.494 e. The summed E-state index contributed by atoms with van der Waals surface area (Å²) in [5.41, 5.74) is 2.04. The van der Waals surface area contributed by atoms with E-state index in [0.717, 1.165) is 23.1 Å². The van der Waals surface area contributed by atoms with E-state index in [1.807, 2.05) is 49.4 Å². The van der Waals surface area contributed by atoms with Crippen LogP contribution in [0.1, 0.15) is 39.0 Å². The summed E-state index contributed by atoms with van der Waals surface area (Å²) in [5.74, 6) is 1.69. The van der Waals surface area contributed by atoms with Gasteiger partial charge in [0.25, 0.3) is 0 Å². The number of rotatable bonds is 5. The van der Waals surface area contributed by atoms with Gasteiger partial charge >= 0.3 is 0 Å². The Hall–Kier alpha value is -2.49. The predicted molar refractivity (Wildman–Crippen MR) is 106 cm³/mol. The van der Waals surface area contributed by atoms with Crippen LogP contribution in [0.4, 0.5) is 11.4 Å². The molecule has 0 saturated heterocycles. The molecule has 0 spiro atoms. The van der Waals surface area contributed by atoms with Crippen molar-refractivity contribution in [1.82, 2.24) is 0 Å². The average molecular weight is 337 g/mol. The van der Waals surface area contributed by atoms with Gasteiger partial charge in [0.15, 0.2) is 0 Å². The molecule has 25 heavy (non-hydrogen) atoms. The van der Waals surface area contributed by atoms with Crippen LogP contribution in [0.15, 0.2) is 59.6 Å². The van der Waals surface area contributed by atoms with Crippen molar-refractivity contribution in [3.63, 3.8) is 0 Å². The lowest BCUT2D eigenvalue weighted by atomic mass is 9.96. The molecule has 0 amide bonds. The van der Waals surface area contributed by atoms with E-state index in [1.54, 1.807) is 0 Å². The Labute approximate surface area is 150 Å². The Morgan fingerprint density at radius 1 is 0.920 bits per heavy atom. The second-order valence-electron chi connectivity index (χ2n) is 6.34. The van der Waals surface area contributed by atoms with Gasteiger partial charge in [-0.05, 0) is 56.2 Å². The van der Waals surface area contributed by atoms with E-state index in [4.69, 9.17) is 9.73 Å². The largest absolute Gasteiger partial charge is 0.494 e. The van der Waals surface area contributed by atoms with Crippen LogP contribution in [0.3, 0.4) is 0 Å². The van der Waals surface area contributed by atoms with Crippen LogP contribution < -0.4 is 15.4 Å². The fourth-order valence-corrected chi connectivity index (χ4v) is 3.08. The third kappa shape index (κ3) is 5.52. The molecule has 0 heterocycles. The Bertz CT molecular complexity index is 661. The first-order chi connectivity index (χ1) is 12.3. The number of nitrogens with zero attached hydrogens (tertiary/aromatic N) is 1. The van der Waals surface area contributed by atoms with Crippen LogP contribution >= 0.6 is 0 Å². The molecule has 0 aromatic heterocycles. The van der Waals surface area contributed by atoms with Crippen molar-refractivity contribution in [2.75, 3.05) is 17.2 Å². The maximum absolute atomic E-state index is 5.51. The third-order valence-electron chi connectivity index (χ3n) is 4.35. The number of hydrogen-bond donors (Lipinski definition) is 2. The highest BCUT2D eigenvalue weighted by atomic mass is 16.5. The molecule has 0 atom stereocenters. The van der Waals surface area contributed by atoms with Crippen molar-refractivity contribution in [2.24, 2.45) is 4.99 Å². The maximum Gasteiger partial charge on any atom is 0.200 e. The SMILES string of the molecule is CCOc1ccc(NC(=NC2CCCCC2)Nc2ccccc2)cc1. The molecule has 0 radical (unpaired) electrons. The Morgan fingerprint density at radius 2 is 1.56 bits per heavy atom. The van der Waals surface area contributed by atoms with Crippen molar-refractivity contribution >= 4 is 17.3 Å². The smallest absolute Gasteiger partial charge is 0.200 e. The normalized spacial score (nSPS) is 15.6. The average Bonchev–Trinajstić information content (AvgIpc) is 2.65. The van der Waals surface area contributed by atoms with Gasteiger partial charge in [0.1, 0.15) is 5.75 Å². The van der Waals surface area contributed by atoms with E-state index in [0.29, 0.717) is 12.6 Å². The van der Waals surface area contributed by atoms with Gasteiger partial charge in [-0.15, -0.1) is 0 Å². The predicted octanol–water partition coefficient (Wildman–Crippen LogP) is 5.30. The summed E-state index contributed by atoms with van der Waals surface area (Å²) in [6.07, 6.45) is 6.22. The summed E-state index contributed by atoms with van der Waals surface area (Å²) in [4.78, 5) is 4.95. The zero-order chi connectivity index (χ0) is 17.3. The lowest BCUT2D eigenvalue weighted by Crippen LogP contribution is -2.25. The molecular formula is C21H27N3O. The van der Waals surface area contributed by atoms with E-state index in [2.05, 4.69) is 22.8 Å². The van der Waals surface area contributed by atoms with Gasteiger partial charge in [-0.2, -0.15) is 0 Å². The van der Waals surface area contributed by atoms with Crippen LogP contribution in [-0.4, -0.2) is 18.6 Å². The molecule has 1 aliphatic rings. The summed E-state index contributed by atoms with van der Waals surface area (Å²) in [6.45, 7) is 2.67. The molecular weight excluding hydrogens is 310 g/mol. The molecule has 0 aliphatic heterocycles. The molecule has 1 saturated carbocycles. The Balaban J connectivity index is 1.73. The fraction of sp³-hybridized carbons (Fsp3) is 0.381. The molecule has 3 rings (SSSR count). The number of para-hydroxylation sites is 1. The lowest BCUT2D eigenvalue weighted by Gasteiger charge is -2.20. The highest BCUT2D eigenvalue weighted by molar-refractivity contribution is 6.03. The van der Waals surface area contributed by atoms with Gasteiger partial charge < -0.3 is 15.4 Å². The highest BCUT2D eigenvalue weighted by Crippen LogP contribution is 2.21. The van der Waals surface area contributed by atoms with Crippen molar-refractivity contribution in [3.05, 3.63) is 54.6 Å². The topological polar surface area (TPSA) is 45.6 Å². The quantitative estimate of drug-likeness (QED) is 0.575. The van der Waals surface area contributed by atoms with E-state index in [1.165, 1.54) is 32.1 Å². The van der Waals surface area contributed by atoms with Crippen LogP contribution in [0.5, 0.6) is 5.75 Å². The van der Waals surface area contributed by atoms with Crippen LogP contribution in [0.2, 0.25) is 0 Å². The Morgan fingerprint density at radius 3 is 2.20 bits per heavy atom. The second-order valence-corrected chi connectivity index (χ2v) is 6.34. The summed E-state index contributed by atoms with van der Waals surface area (Å²) < 4.78 is 5.51. The number of hydrogen-bond acceptors (Lipinski definition) is 2. The lowest BCUT2D eigenvalue weighted by molar-refractivity contribution is 0.340. The number of anilines is 2. The van der Waals surface area contributed by atoms with Gasteiger partial charge in [-0.1, -0.05) is 37.5 Å². The van der Waals surface area contributed by atoms with Crippen molar-refractivity contribution in [2.45, 2.75) is 45.1 Å². The van der Waals surface area contributed by atoms with Gasteiger partial charge in [0.2, 0.25) is 5.96 Å².